The van der Waals surface area contributed by atoms with Gasteiger partial charge in [-0.2, -0.15) is 0 Å². The predicted molar refractivity (Wildman–Crippen MR) is 84.8 cm³/mol. The van der Waals surface area contributed by atoms with E-state index in [1.54, 1.807) is 11.8 Å². The van der Waals surface area contributed by atoms with Crippen LogP contribution < -0.4 is 0 Å². The third-order valence-electron chi connectivity index (χ3n) is 3.59. The summed E-state index contributed by atoms with van der Waals surface area (Å²) in [7, 11) is 0. The molecule has 1 heterocycles. The normalized spacial score (nSPS) is 23.9. The molecule has 1 aliphatic heterocycles. The number of cyclic esters (lactones) is 1. The summed E-state index contributed by atoms with van der Waals surface area (Å²) in [6.07, 6.45) is 2.09. The molecule has 0 amide bonds. The van der Waals surface area contributed by atoms with E-state index in [0.717, 1.165) is 12.8 Å². The Kier molecular flexibility index (Phi) is 5.14. The van der Waals surface area contributed by atoms with E-state index in [1.807, 2.05) is 6.92 Å². The van der Waals surface area contributed by atoms with Gasteiger partial charge in [0, 0.05) is 5.92 Å². The second-order valence-corrected chi connectivity index (χ2v) is 7.62. The molecule has 3 heteroatoms. The van der Waals surface area contributed by atoms with Gasteiger partial charge < -0.3 is 4.74 Å². The van der Waals surface area contributed by atoms with E-state index in [-0.39, 0.29) is 16.7 Å². The summed E-state index contributed by atoms with van der Waals surface area (Å²) in [5.74, 6) is 0.972. The molecule has 3 atom stereocenters. The van der Waals surface area contributed by atoms with Gasteiger partial charge in [0.25, 0.3) is 0 Å². The van der Waals surface area contributed by atoms with Gasteiger partial charge in [-0.1, -0.05) is 45.0 Å². The Morgan fingerprint density at radius 1 is 1.10 bits per heavy atom. The molecule has 0 bridgehead atoms. The van der Waals surface area contributed by atoms with Crippen LogP contribution in [0.4, 0.5) is 0 Å². The molecule has 0 aromatic heterocycles. The lowest BCUT2D eigenvalue weighted by atomic mass is 9.97. The van der Waals surface area contributed by atoms with E-state index in [1.165, 1.54) is 11.1 Å². The highest BCUT2D eigenvalue weighted by atomic mass is 32.2. The highest BCUT2D eigenvalue weighted by Crippen LogP contribution is 2.34. The SMILES string of the molecule is CC(C)Cc1ccc(CC(C)C2OC(=O)C(C)S2)cc1. The lowest BCUT2D eigenvalue weighted by Crippen LogP contribution is -2.17. The Hall–Kier alpha value is -0.960. The van der Waals surface area contributed by atoms with Gasteiger partial charge in [0.15, 0.2) is 5.44 Å². The summed E-state index contributed by atoms with van der Waals surface area (Å²) in [6, 6.07) is 8.86. The zero-order valence-corrected chi connectivity index (χ0v) is 13.6. The number of hydrogen-bond donors (Lipinski definition) is 0. The minimum absolute atomic E-state index is 0.00726. The standard InChI is InChI=1S/C17H24O2S/c1-11(2)9-14-5-7-15(8-6-14)10-12(3)17-19-16(18)13(4)20-17/h5-8,11-13,17H,9-10H2,1-4H3. The molecule has 0 spiro atoms. The largest absolute Gasteiger partial charge is 0.450 e. The molecule has 110 valence electrons. The van der Waals surface area contributed by atoms with Crippen molar-refractivity contribution in [3.63, 3.8) is 0 Å². The number of benzene rings is 1. The summed E-state index contributed by atoms with van der Waals surface area (Å²) in [6.45, 7) is 8.55. The van der Waals surface area contributed by atoms with Crippen molar-refractivity contribution in [1.29, 1.82) is 0 Å². The van der Waals surface area contributed by atoms with E-state index in [0.29, 0.717) is 11.8 Å². The molecule has 0 saturated carbocycles. The van der Waals surface area contributed by atoms with Crippen molar-refractivity contribution in [2.24, 2.45) is 11.8 Å². The van der Waals surface area contributed by atoms with Crippen molar-refractivity contribution >= 4 is 17.7 Å². The Morgan fingerprint density at radius 3 is 2.10 bits per heavy atom. The first-order valence-electron chi connectivity index (χ1n) is 7.39. The first-order chi connectivity index (χ1) is 9.45. The molecule has 0 N–H and O–H groups in total. The number of ether oxygens (including phenoxy) is 1. The van der Waals surface area contributed by atoms with Crippen LogP contribution in [0.3, 0.4) is 0 Å². The number of rotatable bonds is 5. The fourth-order valence-corrected chi connectivity index (χ4v) is 3.58. The maximum absolute atomic E-state index is 11.4. The fraction of sp³-hybridized carbons (Fsp3) is 0.588. The second kappa shape index (κ2) is 6.66. The van der Waals surface area contributed by atoms with Gasteiger partial charge in [0.1, 0.15) is 5.25 Å². The highest BCUT2D eigenvalue weighted by molar-refractivity contribution is 8.01. The van der Waals surface area contributed by atoms with Gasteiger partial charge >= 0.3 is 5.97 Å². The molecule has 2 nitrogen and oxygen atoms in total. The molecule has 1 fully saturated rings. The molecule has 1 saturated heterocycles. The number of thioether (sulfide) groups is 1. The van der Waals surface area contributed by atoms with Crippen molar-refractivity contribution in [2.45, 2.75) is 51.2 Å². The van der Waals surface area contributed by atoms with Crippen LogP contribution in [0.2, 0.25) is 0 Å². The third-order valence-corrected chi connectivity index (χ3v) is 5.02. The summed E-state index contributed by atoms with van der Waals surface area (Å²) >= 11 is 1.64. The van der Waals surface area contributed by atoms with Crippen LogP contribution in [-0.4, -0.2) is 16.7 Å². The minimum Gasteiger partial charge on any atom is -0.450 e. The summed E-state index contributed by atoms with van der Waals surface area (Å²) in [5, 5.41) is -0.0177. The van der Waals surface area contributed by atoms with E-state index in [9.17, 15) is 4.79 Å². The fourth-order valence-electron chi connectivity index (χ4n) is 2.50. The zero-order valence-electron chi connectivity index (χ0n) is 12.8. The molecule has 1 aliphatic rings. The Morgan fingerprint density at radius 2 is 1.65 bits per heavy atom. The van der Waals surface area contributed by atoms with Gasteiger partial charge in [-0.3, -0.25) is 4.79 Å². The quantitative estimate of drug-likeness (QED) is 0.765. The lowest BCUT2D eigenvalue weighted by molar-refractivity contribution is -0.143. The van der Waals surface area contributed by atoms with E-state index >= 15 is 0 Å². The summed E-state index contributed by atoms with van der Waals surface area (Å²) < 4.78 is 5.41. The van der Waals surface area contributed by atoms with Crippen molar-refractivity contribution in [3.8, 4) is 0 Å². The number of carbonyl (C=O) groups excluding carboxylic acids is 1. The first-order valence-corrected chi connectivity index (χ1v) is 8.33. The smallest absolute Gasteiger partial charge is 0.320 e. The van der Waals surface area contributed by atoms with E-state index in [4.69, 9.17) is 4.74 Å². The molecule has 1 aromatic rings. The Labute approximate surface area is 126 Å². The van der Waals surface area contributed by atoms with Crippen molar-refractivity contribution < 1.29 is 9.53 Å². The molecule has 0 aliphatic carbocycles. The van der Waals surface area contributed by atoms with Crippen LogP contribution in [0, 0.1) is 11.8 Å². The molecule has 20 heavy (non-hydrogen) atoms. The van der Waals surface area contributed by atoms with E-state index in [2.05, 4.69) is 45.0 Å². The number of esters is 1. The Balaban J connectivity index is 1.91. The van der Waals surface area contributed by atoms with Crippen LogP contribution in [0.1, 0.15) is 38.8 Å². The predicted octanol–water partition coefficient (Wildman–Crippen LogP) is 4.07. The van der Waals surface area contributed by atoms with Gasteiger partial charge in [-0.15, -0.1) is 11.8 Å². The first kappa shape index (κ1) is 15.4. The maximum atomic E-state index is 11.4. The molecular formula is C17H24O2S. The highest BCUT2D eigenvalue weighted by Gasteiger charge is 2.35. The van der Waals surface area contributed by atoms with Crippen molar-refractivity contribution in [1.82, 2.24) is 0 Å². The van der Waals surface area contributed by atoms with Gasteiger partial charge in [0.05, 0.1) is 0 Å². The van der Waals surface area contributed by atoms with Gasteiger partial charge in [0.2, 0.25) is 0 Å². The maximum Gasteiger partial charge on any atom is 0.320 e. The second-order valence-electron chi connectivity index (χ2n) is 6.18. The lowest BCUT2D eigenvalue weighted by Gasteiger charge is -2.17. The molecule has 3 unspecified atom stereocenters. The topological polar surface area (TPSA) is 26.3 Å². The van der Waals surface area contributed by atoms with Gasteiger partial charge in [-0.05, 0) is 36.8 Å². The summed E-state index contributed by atoms with van der Waals surface area (Å²) in [4.78, 5) is 11.4. The average Bonchev–Trinajstić information content (AvgIpc) is 2.71. The third kappa shape index (κ3) is 4.02. The molecule has 1 aromatic carbocycles. The van der Waals surface area contributed by atoms with Crippen LogP contribution in [-0.2, 0) is 22.4 Å². The van der Waals surface area contributed by atoms with Crippen molar-refractivity contribution in [2.75, 3.05) is 0 Å². The van der Waals surface area contributed by atoms with E-state index < -0.39 is 0 Å². The van der Waals surface area contributed by atoms with Crippen LogP contribution in [0.25, 0.3) is 0 Å². The molecule has 0 radical (unpaired) electrons. The average molecular weight is 292 g/mol. The Bertz CT molecular complexity index is 453. The van der Waals surface area contributed by atoms with Gasteiger partial charge in [-0.25, -0.2) is 0 Å². The monoisotopic (exact) mass is 292 g/mol. The molecular weight excluding hydrogens is 268 g/mol. The van der Waals surface area contributed by atoms with Crippen LogP contribution >= 0.6 is 11.8 Å². The van der Waals surface area contributed by atoms with Crippen molar-refractivity contribution in [3.05, 3.63) is 35.4 Å². The minimum atomic E-state index is -0.0702. The van der Waals surface area contributed by atoms with Crippen LogP contribution in [0.5, 0.6) is 0 Å². The molecule has 2 rings (SSSR count). The summed E-state index contributed by atoms with van der Waals surface area (Å²) in [5.41, 5.74) is 2.72. The number of carbonyl (C=O) groups is 1. The van der Waals surface area contributed by atoms with Crippen LogP contribution in [0.15, 0.2) is 24.3 Å². The number of hydrogen-bond acceptors (Lipinski definition) is 3. The zero-order chi connectivity index (χ0) is 14.7.